The smallest absolute Gasteiger partial charge is 0.277 e. The predicted molar refractivity (Wildman–Crippen MR) is 68.2 cm³/mol. The minimum Gasteiger partial charge on any atom is -0.379 e. The number of rotatable bonds is 6. The van der Waals surface area contributed by atoms with E-state index in [1.807, 2.05) is 29.9 Å². The molecule has 8 nitrogen and oxygen atoms in total. The van der Waals surface area contributed by atoms with Gasteiger partial charge in [-0.3, -0.25) is 4.79 Å². The summed E-state index contributed by atoms with van der Waals surface area (Å²) in [7, 11) is 1.99. The zero-order valence-corrected chi connectivity index (χ0v) is 10.6. The zero-order chi connectivity index (χ0) is 13.7. The monoisotopic (exact) mass is 264 g/mol. The van der Waals surface area contributed by atoms with Gasteiger partial charge < -0.3 is 20.9 Å². The third kappa shape index (κ3) is 3.32. The van der Waals surface area contributed by atoms with Crippen molar-refractivity contribution in [3.05, 3.63) is 29.7 Å². The first kappa shape index (κ1) is 13.1. The van der Waals surface area contributed by atoms with Gasteiger partial charge in [-0.1, -0.05) is 0 Å². The molecule has 2 aromatic heterocycles. The molecule has 1 amide bonds. The second-order valence-electron chi connectivity index (χ2n) is 4.04. The van der Waals surface area contributed by atoms with Crippen LogP contribution in [0.5, 0.6) is 0 Å². The lowest BCUT2D eigenvalue weighted by Gasteiger charge is -2.06. The molecule has 19 heavy (non-hydrogen) atoms. The lowest BCUT2D eigenvalue weighted by molar-refractivity contribution is 0.0944. The van der Waals surface area contributed by atoms with E-state index in [2.05, 4.69) is 25.6 Å². The van der Waals surface area contributed by atoms with Gasteiger partial charge in [0.05, 0.1) is 0 Å². The summed E-state index contributed by atoms with van der Waals surface area (Å²) in [6, 6.07) is 4.02. The SMILES string of the molecule is Cn1cccc1CNCCNC(=O)c1nonc1N. The maximum atomic E-state index is 11.6. The lowest BCUT2D eigenvalue weighted by Crippen LogP contribution is -2.32. The molecule has 0 fully saturated rings. The molecule has 2 rings (SSSR count). The molecule has 4 N–H and O–H groups in total. The molecule has 0 aromatic carbocycles. The molecule has 0 spiro atoms. The molecule has 0 bridgehead atoms. The summed E-state index contributed by atoms with van der Waals surface area (Å²) in [6.45, 7) is 1.85. The highest BCUT2D eigenvalue weighted by atomic mass is 16.6. The van der Waals surface area contributed by atoms with E-state index in [9.17, 15) is 4.79 Å². The standard InChI is InChI=1S/C11H16N6O2/c1-17-6-2-3-8(17)7-13-4-5-14-11(18)9-10(12)16-19-15-9/h2-3,6,13H,4-5,7H2,1H3,(H2,12,16)(H,14,18). The van der Waals surface area contributed by atoms with Crippen LogP contribution in [0.1, 0.15) is 16.2 Å². The van der Waals surface area contributed by atoms with E-state index in [0.717, 1.165) is 6.54 Å². The summed E-state index contributed by atoms with van der Waals surface area (Å²) in [5.74, 6) is -0.395. The number of nitrogen functional groups attached to an aromatic ring is 1. The summed E-state index contributed by atoms with van der Waals surface area (Å²) in [4.78, 5) is 11.6. The fourth-order valence-corrected chi connectivity index (χ4v) is 1.60. The minimum atomic E-state index is -0.389. The number of nitrogens with zero attached hydrogens (tertiary/aromatic N) is 3. The molecule has 102 valence electrons. The van der Waals surface area contributed by atoms with Gasteiger partial charge in [0.2, 0.25) is 11.5 Å². The van der Waals surface area contributed by atoms with Crippen molar-refractivity contribution in [3.8, 4) is 0 Å². The fraction of sp³-hybridized carbons (Fsp3) is 0.364. The number of hydrogen-bond acceptors (Lipinski definition) is 6. The molecule has 2 heterocycles. The average molecular weight is 264 g/mol. The van der Waals surface area contributed by atoms with Crippen molar-refractivity contribution in [1.82, 2.24) is 25.5 Å². The van der Waals surface area contributed by atoms with Crippen LogP contribution in [0.2, 0.25) is 0 Å². The van der Waals surface area contributed by atoms with Gasteiger partial charge in [0.25, 0.3) is 5.91 Å². The molecular weight excluding hydrogens is 248 g/mol. The molecule has 0 saturated carbocycles. The van der Waals surface area contributed by atoms with Crippen molar-refractivity contribution in [2.24, 2.45) is 7.05 Å². The van der Waals surface area contributed by atoms with E-state index in [-0.39, 0.29) is 17.4 Å². The molecule has 0 aliphatic heterocycles. The molecule has 0 unspecified atom stereocenters. The Balaban J connectivity index is 1.66. The number of amides is 1. The third-order valence-corrected chi connectivity index (χ3v) is 2.67. The summed E-state index contributed by atoms with van der Waals surface area (Å²) < 4.78 is 6.39. The van der Waals surface area contributed by atoms with Crippen LogP contribution in [0.25, 0.3) is 0 Å². The van der Waals surface area contributed by atoms with E-state index in [0.29, 0.717) is 13.1 Å². The maximum Gasteiger partial charge on any atom is 0.277 e. The van der Waals surface area contributed by atoms with Gasteiger partial charge in [-0.25, -0.2) is 4.63 Å². The summed E-state index contributed by atoms with van der Waals surface area (Å²) in [5.41, 5.74) is 6.60. The van der Waals surface area contributed by atoms with E-state index in [4.69, 9.17) is 5.73 Å². The molecule has 0 atom stereocenters. The first-order chi connectivity index (χ1) is 9.18. The van der Waals surface area contributed by atoms with Crippen LogP contribution in [-0.2, 0) is 13.6 Å². The minimum absolute atomic E-state index is 0.00531. The number of carbonyl (C=O) groups is 1. The number of aromatic nitrogens is 3. The Morgan fingerprint density at radius 3 is 2.95 bits per heavy atom. The highest BCUT2D eigenvalue weighted by molar-refractivity contribution is 5.95. The molecule has 0 saturated heterocycles. The Morgan fingerprint density at radius 2 is 2.32 bits per heavy atom. The van der Waals surface area contributed by atoms with Gasteiger partial charge in [0, 0.05) is 38.6 Å². The Bertz CT molecular complexity index is 547. The van der Waals surface area contributed by atoms with Crippen LogP contribution >= 0.6 is 0 Å². The normalized spacial score (nSPS) is 10.6. The number of nitrogens with two attached hydrogens (primary N) is 1. The van der Waals surface area contributed by atoms with Gasteiger partial charge in [0.15, 0.2) is 0 Å². The van der Waals surface area contributed by atoms with Crippen LogP contribution in [-0.4, -0.2) is 33.9 Å². The molecule has 0 aliphatic rings. The van der Waals surface area contributed by atoms with Crippen molar-refractivity contribution >= 4 is 11.7 Å². The van der Waals surface area contributed by atoms with Gasteiger partial charge in [-0.15, -0.1) is 0 Å². The summed E-state index contributed by atoms with van der Waals surface area (Å²) >= 11 is 0. The maximum absolute atomic E-state index is 11.6. The van der Waals surface area contributed by atoms with Crippen molar-refractivity contribution in [1.29, 1.82) is 0 Å². The number of carbonyl (C=O) groups excluding carboxylic acids is 1. The van der Waals surface area contributed by atoms with Crippen LogP contribution in [0, 0.1) is 0 Å². The van der Waals surface area contributed by atoms with Gasteiger partial charge in [-0.05, 0) is 22.4 Å². The van der Waals surface area contributed by atoms with Gasteiger partial charge in [-0.2, -0.15) is 0 Å². The highest BCUT2D eigenvalue weighted by Gasteiger charge is 2.14. The predicted octanol–water partition coefficient (Wildman–Crippen LogP) is -0.490. The first-order valence-corrected chi connectivity index (χ1v) is 5.85. The Labute approximate surface area is 109 Å². The van der Waals surface area contributed by atoms with Crippen molar-refractivity contribution in [2.45, 2.75) is 6.54 Å². The average Bonchev–Trinajstić information content (AvgIpc) is 2.98. The Kier molecular flexibility index (Phi) is 4.14. The highest BCUT2D eigenvalue weighted by Crippen LogP contribution is 2.02. The second kappa shape index (κ2) is 6.01. The van der Waals surface area contributed by atoms with E-state index >= 15 is 0 Å². The first-order valence-electron chi connectivity index (χ1n) is 5.85. The number of hydrogen-bond donors (Lipinski definition) is 3. The van der Waals surface area contributed by atoms with Crippen LogP contribution in [0.3, 0.4) is 0 Å². The number of aryl methyl sites for hydroxylation is 1. The van der Waals surface area contributed by atoms with Crippen LogP contribution < -0.4 is 16.4 Å². The second-order valence-corrected chi connectivity index (χ2v) is 4.04. The van der Waals surface area contributed by atoms with Crippen LogP contribution in [0.15, 0.2) is 23.0 Å². The largest absolute Gasteiger partial charge is 0.379 e. The van der Waals surface area contributed by atoms with Crippen molar-refractivity contribution < 1.29 is 9.42 Å². The van der Waals surface area contributed by atoms with Crippen LogP contribution in [0.4, 0.5) is 5.82 Å². The van der Waals surface area contributed by atoms with E-state index < -0.39 is 0 Å². The van der Waals surface area contributed by atoms with E-state index in [1.165, 1.54) is 5.69 Å². The summed E-state index contributed by atoms with van der Waals surface area (Å²) in [6.07, 6.45) is 1.99. The lowest BCUT2D eigenvalue weighted by atomic mass is 10.4. The zero-order valence-electron chi connectivity index (χ0n) is 10.6. The van der Waals surface area contributed by atoms with Crippen molar-refractivity contribution in [3.63, 3.8) is 0 Å². The Morgan fingerprint density at radius 1 is 1.47 bits per heavy atom. The molecule has 8 heteroatoms. The van der Waals surface area contributed by atoms with Gasteiger partial charge >= 0.3 is 0 Å². The van der Waals surface area contributed by atoms with Gasteiger partial charge in [0.1, 0.15) is 0 Å². The third-order valence-electron chi connectivity index (χ3n) is 2.67. The quantitative estimate of drug-likeness (QED) is 0.607. The van der Waals surface area contributed by atoms with E-state index in [1.54, 1.807) is 0 Å². The molecule has 0 aliphatic carbocycles. The molecule has 2 aromatic rings. The van der Waals surface area contributed by atoms with Crippen molar-refractivity contribution in [2.75, 3.05) is 18.8 Å². The fourth-order valence-electron chi connectivity index (χ4n) is 1.60. The number of anilines is 1. The molecular formula is C11H16N6O2. The topological polar surface area (TPSA) is 111 Å². The Hall–Kier alpha value is -2.35. The number of nitrogens with one attached hydrogen (secondary N) is 2. The summed E-state index contributed by atoms with van der Waals surface area (Å²) in [5, 5.41) is 12.6. The molecule has 0 radical (unpaired) electrons.